The predicted octanol–water partition coefficient (Wildman–Crippen LogP) is 4.05. The number of carbonyl (C=O) groups is 2. The van der Waals surface area contributed by atoms with Crippen LogP contribution in [0.4, 0.5) is 4.39 Å². The summed E-state index contributed by atoms with van der Waals surface area (Å²) in [6, 6.07) is 19.9. The maximum absolute atomic E-state index is 13.0. The molecule has 32 heavy (non-hydrogen) atoms. The lowest BCUT2D eigenvalue weighted by Crippen LogP contribution is -2.47. The maximum Gasteiger partial charge on any atom is 0.251 e. The third-order valence-corrected chi connectivity index (χ3v) is 6.06. The average molecular weight is 434 g/mol. The number of rotatable bonds is 6. The van der Waals surface area contributed by atoms with Crippen molar-refractivity contribution in [2.45, 2.75) is 31.8 Å². The first-order valence-corrected chi connectivity index (χ1v) is 11.1. The highest BCUT2D eigenvalue weighted by Crippen LogP contribution is 2.24. The number of likely N-dealkylation sites (tertiary alicyclic amines) is 1. The van der Waals surface area contributed by atoms with Crippen LogP contribution in [0.1, 0.15) is 41.7 Å². The molecule has 0 aliphatic carbocycles. The first-order chi connectivity index (χ1) is 15.5. The molecule has 3 aromatic carbocycles. The van der Waals surface area contributed by atoms with Gasteiger partial charge < -0.3 is 10.6 Å². The molecule has 0 bridgehead atoms. The van der Waals surface area contributed by atoms with Crippen molar-refractivity contribution < 1.29 is 14.0 Å². The van der Waals surface area contributed by atoms with Crippen molar-refractivity contribution in [2.75, 3.05) is 19.6 Å². The van der Waals surface area contributed by atoms with Gasteiger partial charge in [0, 0.05) is 24.7 Å². The van der Waals surface area contributed by atoms with Gasteiger partial charge in [-0.05, 0) is 60.4 Å². The second kappa shape index (κ2) is 9.92. The van der Waals surface area contributed by atoms with Gasteiger partial charge in [0.25, 0.3) is 5.91 Å². The van der Waals surface area contributed by atoms with Gasteiger partial charge in [-0.2, -0.15) is 0 Å². The van der Waals surface area contributed by atoms with Gasteiger partial charge in [0.1, 0.15) is 5.82 Å². The van der Waals surface area contributed by atoms with E-state index in [0.717, 1.165) is 42.3 Å². The molecule has 6 heteroatoms. The van der Waals surface area contributed by atoms with E-state index >= 15 is 0 Å². The van der Waals surface area contributed by atoms with Crippen molar-refractivity contribution in [1.29, 1.82) is 0 Å². The van der Waals surface area contributed by atoms with Crippen LogP contribution in [0.2, 0.25) is 0 Å². The van der Waals surface area contributed by atoms with Crippen LogP contribution < -0.4 is 10.6 Å². The fourth-order valence-electron chi connectivity index (χ4n) is 4.30. The van der Waals surface area contributed by atoms with Gasteiger partial charge in [-0.15, -0.1) is 0 Å². The number of carbonyl (C=O) groups excluding carboxylic acids is 2. The topological polar surface area (TPSA) is 61.4 Å². The predicted molar refractivity (Wildman–Crippen MR) is 124 cm³/mol. The molecule has 166 valence electrons. The van der Waals surface area contributed by atoms with Crippen LogP contribution in [-0.2, 0) is 4.79 Å². The SMILES string of the molecule is CC(NC(=O)CN1CCC(NC(=O)c2ccc(F)cc2)CC1)c1cccc2ccccc12. The summed E-state index contributed by atoms with van der Waals surface area (Å²) in [5.41, 5.74) is 1.56. The van der Waals surface area contributed by atoms with Gasteiger partial charge in [0.2, 0.25) is 5.91 Å². The number of hydrogen-bond acceptors (Lipinski definition) is 3. The van der Waals surface area contributed by atoms with Crippen LogP contribution in [0.5, 0.6) is 0 Å². The third-order valence-electron chi connectivity index (χ3n) is 6.06. The Kier molecular flexibility index (Phi) is 6.81. The van der Waals surface area contributed by atoms with E-state index in [2.05, 4.69) is 39.8 Å². The van der Waals surface area contributed by atoms with E-state index in [9.17, 15) is 14.0 Å². The second-order valence-electron chi connectivity index (χ2n) is 8.39. The van der Waals surface area contributed by atoms with Crippen molar-refractivity contribution in [3.63, 3.8) is 0 Å². The molecule has 1 aliphatic heterocycles. The van der Waals surface area contributed by atoms with Gasteiger partial charge in [-0.25, -0.2) is 4.39 Å². The molecule has 2 amide bonds. The van der Waals surface area contributed by atoms with Gasteiger partial charge in [0.15, 0.2) is 0 Å². The fraction of sp³-hybridized carbons (Fsp3) is 0.308. The lowest BCUT2D eigenvalue weighted by Gasteiger charge is -2.32. The van der Waals surface area contributed by atoms with Crippen LogP contribution in [-0.4, -0.2) is 42.4 Å². The fourth-order valence-corrected chi connectivity index (χ4v) is 4.30. The number of hydrogen-bond donors (Lipinski definition) is 2. The lowest BCUT2D eigenvalue weighted by molar-refractivity contribution is -0.123. The Balaban J connectivity index is 1.25. The van der Waals surface area contributed by atoms with Gasteiger partial charge in [0.05, 0.1) is 12.6 Å². The average Bonchev–Trinajstić information content (AvgIpc) is 2.80. The van der Waals surface area contributed by atoms with Crippen molar-refractivity contribution in [2.24, 2.45) is 0 Å². The summed E-state index contributed by atoms with van der Waals surface area (Å²) in [6.45, 7) is 3.83. The molecule has 1 atom stereocenters. The summed E-state index contributed by atoms with van der Waals surface area (Å²) in [7, 11) is 0. The first-order valence-electron chi connectivity index (χ1n) is 11.1. The Labute approximate surface area is 187 Å². The molecule has 0 radical (unpaired) electrons. The Bertz CT molecular complexity index is 1090. The molecule has 1 heterocycles. The van der Waals surface area contributed by atoms with Crippen molar-refractivity contribution >= 4 is 22.6 Å². The van der Waals surface area contributed by atoms with Crippen molar-refractivity contribution in [1.82, 2.24) is 15.5 Å². The summed E-state index contributed by atoms with van der Waals surface area (Å²) < 4.78 is 13.0. The maximum atomic E-state index is 13.0. The number of piperidine rings is 1. The number of fused-ring (bicyclic) bond motifs is 1. The summed E-state index contributed by atoms with van der Waals surface area (Å²) in [4.78, 5) is 27.1. The highest BCUT2D eigenvalue weighted by Gasteiger charge is 2.23. The van der Waals surface area contributed by atoms with E-state index in [1.807, 2.05) is 25.1 Å². The number of halogens is 1. The molecule has 0 aromatic heterocycles. The monoisotopic (exact) mass is 433 g/mol. The largest absolute Gasteiger partial charge is 0.349 e. The minimum absolute atomic E-state index is 0.000711. The quantitative estimate of drug-likeness (QED) is 0.617. The molecule has 1 fully saturated rings. The van der Waals surface area contributed by atoms with E-state index in [4.69, 9.17) is 0 Å². The van der Waals surface area contributed by atoms with E-state index in [0.29, 0.717) is 12.1 Å². The molecule has 2 N–H and O–H groups in total. The van der Waals surface area contributed by atoms with Crippen molar-refractivity contribution in [3.8, 4) is 0 Å². The Hall–Kier alpha value is -3.25. The van der Waals surface area contributed by atoms with Crippen LogP contribution >= 0.6 is 0 Å². The molecule has 1 aliphatic rings. The summed E-state index contributed by atoms with van der Waals surface area (Å²) in [5.74, 6) is -0.549. The van der Waals surface area contributed by atoms with Crippen LogP contribution in [0.3, 0.4) is 0 Å². The van der Waals surface area contributed by atoms with E-state index in [1.165, 1.54) is 24.3 Å². The zero-order chi connectivity index (χ0) is 22.5. The summed E-state index contributed by atoms with van der Waals surface area (Å²) >= 11 is 0. The second-order valence-corrected chi connectivity index (χ2v) is 8.39. The molecule has 1 saturated heterocycles. The Morgan fingerprint density at radius 3 is 2.44 bits per heavy atom. The molecule has 4 rings (SSSR count). The summed E-state index contributed by atoms with van der Waals surface area (Å²) in [6.07, 6.45) is 1.55. The minimum atomic E-state index is -0.358. The Morgan fingerprint density at radius 2 is 1.69 bits per heavy atom. The normalized spacial score (nSPS) is 15.9. The molecular formula is C26H28FN3O2. The number of nitrogens with zero attached hydrogens (tertiary/aromatic N) is 1. The molecule has 3 aromatic rings. The highest BCUT2D eigenvalue weighted by molar-refractivity contribution is 5.94. The number of amides is 2. The van der Waals surface area contributed by atoms with Crippen molar-refractivity contribution in [3.05, 3.63) is 83.7 Å². The zero-order valence-corrected chi connectivity index (χ0v) is 18.2. The number of benzene rings is 3. The van der Waals surface area contributed by atoms with E-state index in [1.54, 1.807) is 0 Å². The molecule has 5 nitrogen and oxygen atoms in total. The van der Waals surface area contributed by atoms with Gasteiger partial charge in [-0.1, -0.05) is 42.5 Å². The van der Waals surface area contributed by atoms with Crippen LogP contribution in [0, 0.1) is 5.82 Å². The molecule has 0 spiro atoms. The smallest absolute Gasteiger partial charge is 0.251 e. The van der Waals surface area contributed by atoms with Gasteiger partial charge in [-0.3, -0.25) is 14.5 Å². The Morgan fingerprint density at radius 1 is 1.00 bits per heavy atom. The van der Waals surface area contributed by atoms with Gasteiger partial charge >= 0.3 is 0 Å². The molecule has 0 saturated carbocycles. The van der Waals surface area contributed by atoms with Crippen LogP contribution in [0.15, 0.2) is 66.7 Å². The van der Waals surface area contributed by atoms with Crippen LogP contribution in [0.25, 0.3) is 10.8 Å². The third kappa shape index (κ3) is 5.32. The summed E-state index contributed by atoms with van der Waals surface area (Å²) in [5, 5.41) is 8.45. The standard InChI is InChI=1S/C26H28FN3O2/c1-18(23-8-4-6-19-5-2-3-7-24(19)23)28-25(31)17-30-15-13-22(14-16-30)29-26(32)20-9-11-21(27)12-10-20/h2-12,18,22H,13-17H2,1H3,(H,28,31)(H,29,32). The van der Waals surface area contributed by atoms with E-state index < -0.39 is 0 Å². The van der Waals surface area contributed by atoms with E-state index in [-0.39, 0.29) is 29.7 Å². The lowest BCUT2D eigenvalue weighted by atomic mass is 9.99. The molecule has 1 unspecified atom stereocenters. The first kappa shape index (κ1) is 22.0. The molecular weight excluding hydrogens is 405 g/mol. The highest BCUT2D eigenvalue weighted by atomic mass is 19.1. The zero-order valence-electron chi connectivity index (χ0n) is 18.2. The number of nitrogens with one attached hydrogen (secondary N) is 2. The minimum Gasteiger partial charge on any atom is -0.349 e.